The molecular formula is C61H72O10. The molecule has 0 saturated heterocycles. The maximum atomic E-state index is 13.1. The van der Waals surface area contributed by atoms with Gasteiger partial charge in [-0.1, -0.05) is 147 Å². The highest BCUT2D eigenvalue weighted by molar-refractivity contribution is 5.93. The van der Waals surface area contributed by atoms with Crippen molar-refractivity contribution >= 4 is 36.0 Å². The van der Waals surface area contributed by atoms with Gasteiger partial charge in [-0.05, 0) is 128 Å². The average Bonchev–Trinajstić information content (AvgIpc) is 3.38. The minimum absolute atomic E-state index is 0.197. The van der Waals surface area contributed by atoms with Crippen LogP contribution in [0.5, 0.6) is 34.5 Å². The summed E-state index contributed by atoms with van der Waals surface area (Å²) in [5, 5.41) is 0. The number of rotatable bonds is 32. The van der Waals surface area contributed by atoms with Gasteiger partial charge < -0.3 is 28.4 Å². The molecule has 0 heterocycles. The Morgan fingerprint density at radius 1 is 0.380 bits per heavy atom. The van der Waals surface area contributed by atoms with Crippen LogP contribution < -0.4 is 28.4 Å². The summed E-state index contributed by atoms with van der Waals surface area (Å²) in [6, 6.07) is 31.9. The van der Waals surface area contributed by atoms with E-state index in [4.69, 9.17) is 28.4 Å². The zero-order chi connectivity index (χ0) is 50.3. The molecule has 0 unspecified atom stereocenters. The number of hydrogen-bond acceptors (Lipinski definition) is 10. The van der Waals surface area contributed by atoms with Crippen LogP contribution in [0.3, 0.4) is 0 Å². The Morgan fingerprint density at radius 2 is 0.704 bits per heavy atom. The lowest BCUT2D eigenvalue weighted by Gasteiger charge is -2.12. The molecule has 0 N–H and O–H groups in total. The van der Waals surface area contributed by atoms with Crippen LogP contribution in [0.1, 0.15) is 167 Å². The summed E-state index contributed by atoms with van der Waals surface area (Å²) in [7, 11) is 0. The highest BCUT2D eigenvalue weighted by atomic mass is 16.6. The predicted octanol–water partition coefficient (Wildman–Crippen LogP) is 15.5. The van der Waals surface area contributed by atoms with Crippen LogP contribution in [0.2, 0.25) is 0 Å². The van der Waals surface area contributed by atoms with Crippen molar-refractivity contribution in [2.75, 3.05) is 13.2 Å². The van der Waals surface area contributed by atoms with Gasteiger partial charge in [0.2, 0.25) is 0 Å². The van der Waals surface area contributed by atoms with E-state index in [0.29, 0.717) is 18.8 Å². The highest BCUT2D eigenvalue weighted by Crippen LogP contribution is 2.29. The van der Waals surface area contributed by atoms with E-state index in [2.05, 4.69) is 13.8 Å². The first kappa shape index (κ1) is 55.0. The van der Waals surface area contributed by atoms with Gasteiger partial charge in [0, 0.05) is 17.7 Å². The molecule has 376 valence electrons. The Bertz CT molecular complexity index is 2250. The van der Waals surface area contributed by atoms with Gasteiger partial charge in [-0.2, -0.15) is 0 Å². The molecule has 0 radical (unpaired) electrons. The number of ether oxygens (including phenoxy) is 6. The van der Waals surface area contributed by atoms with Gasteiger partial charge >= 0.3 is 23.9 Å². The summed E-state index contributed by atoms with van der Waals surface area (Å²) >= 11 is 0. The number of benzene rings is 5. The van der Waals surface area contributed by atoms with Crippen LogP contribution in [-0.4, -0.2) is 37.1 Å². The molecule has 0 aliphatic carbocycles. The second kappa shape index (κ2) is 32.0. The normalized spacial score (nSPS) is 11.1. The molecule has 5 rings (SSSR count). The third-order valence-corrected chi connectivity index (χ3v) is 11.9. The number of esters is 4. The molecule has 0 atom stereocenters. The first-order valence-corrected chi connectivity index (χ1v) is 25.7. The zero-order valence-corrected chi connectivity index (χ0v) is 42.0. The smallest absolute Gasteiger partial charge is 0.343 e. The van der Waals surface area contributed by atoms with Gasteiger partial charge in [-0.3, -0.25) is 0 Å². The first-order chi connectivity index (χ1) is 34.7. The van der Waals surface area contributed by atoms with E-state index in [9.17, 15) is 19.2 Å². The highest BCUT2D eigenvalue weighted by Gasteiger charge is 2.17. The first-order valence-electron chi connectivity index (χ1n) is 25.7. The van der Waals surface area contributed by atoms with Crippen molar-refractivity contribution < 1.29 is 47.6 Å². The van der Waals surface area contributed by atoms with Crippen molar-refractivity contribution in [2.45, 2.75) is 136 Å². The second-order valence-electron chi connectivity index (χ2n) is 17.7. The Balaban J connectivity index is 0.988. The molecule has 0 amide bonds. The molecule has 10 heteroatoms. The van der Waals surface area contributed by atoms with E-state index in [1.807, 2.05) is 48.5 Å². The minimum Gasteiger partial charge on any atom is -0.494 e. The Morgan fingerprint density at radius 3 is 1.06 bits per heavy atom. The second-order valence-corrected chi connectivity index (χ2v) is 17.7. The van der Waals surface area contributed by atoms with Gasteiger partial charge in [0.05, 0.1) is 24.3 Å². The number of carbonyl (C=O) groups is 4. The quantitative estimate of drug-likeness (QED) is 0.0178. The lowest BCUT2D eigenvalue weighted by Crippen LogP contribution is -2.12. The number of carbonyl (C=O) groups excluding carboxylic acids is 4. The summed E-state index contributed by atoms with van der Waals surface area (Å²) in [4.78, 5) is 51.3. The van der Waals surface area contributed by atoms with Crippen molar-refractivity contribution in [1.82, 2.24) is 0 Å². The van der Waals surface area contributed by atoms with Gasteiger partial charge in [-0.25, -0.2) is 19.2 Å². The van der Waals surface area contributed by atoms with Crippen molar-refractivity contribution in [2.24, 2.45) is 0 Å². The largest absolute Gasteiger partial charge is 0.494 e. The summed E-state index contributed by atoms with van der Waals surface area (Å²) < 4.78 is 34.0. The fraction of sp³-hybridized carbons (Fsp3) is 0.377. The van der Waals surface area contributed by atoms with Crippen LogP contribution >= 0.6 is 0 Å². The van der Waals surface area contributed by atoms with Crippen molar-refractivity contribution in [1.29, 1.82) is 0 Å². The molecule has 0 aromatic heterocycles. The molecule has 71 heavy (non-hydrogen) atoms. The lowest BCUT2D eigenvalue weighted by molar-refractivity contribution is -0.129. The number of unbranched alkanes of at least 4 members (excludes halogenated alkanes) is 16. The summed E-state index contributed by atoms with van der Waals surface area (Å²) in [6.07, 6.45) is 28.8. The molecular weight excluding hydrogens is 893 g/mol. The Hall–Kier alpha value is -6.94. The maximum absolute atomic E-state index is 13.1. The standard InChI is InChI=1S/C61H72O10/c1-4-6-8-10-12-14-16-18-20-45-66-52-35-25-48(26-36-52)29-43-58(62)68-54-39-31-50(32-40-54)60(64)70-56-23-22-24-57(47(56)3)71-61(65)51-33-41-55(42-34-51)69-59(63)44-30-49-27-37-53(38-28-49)67-46-21-19-17-15-13-11-9-7-5-2/h22-44H,4-21,45-46H2,1-3H3/b43-29+,44-30+. The van der Waals surface area contributed by atoms with Crippen LogP contribution in [0.15, 0.2) is 127 Å². The van der Waals surface area contributed by atoms with Gasteiger partial charge in [0.1, 0.15) is 34.5 Å². The van der Waals surface area contributed by atoms with Gasteiger partial charge in [-0.15, -0.1) is 0 Å². The molecule has 0 spiro atoms. The van der Waals surface area contributed by atoms with Crippen molar-refractivity contribution in [3.63, 3.8) is 0 Å². The maximum Gasteiger partial charge on any atom is 0.343 e. The Kier molecular flexibility index (Phi) is 24.8. The molecule has 5 aromatic rings. The number of hydrogen-bond donors (Lipinski definition) is 0. The van der Waals surface area contributed by atoms with Crippen LogP contribution in [0, 0.1) is 6.92 Å². The molecule has 0 bridgehead atoms. The summed E-state index contributed by atoms with van der Waals surface area (Å²) in [5.74, 6) is 0.0431. The van der Waals surface area contributed by atoms with Gasteiger partial charge in [0.15, 0.2) is 0 Å². The minimum atomic E-state index is -0.655. The van der Waals surface area contributed by atoms with E-state index in [1.54, 1.807) is 37.3 Å². The van der Waals surface area contributed by atoms with Gasteiger partial charge in [0.25, 0.3) is 0 Å². The Labute approximate surface area is 421 Å². The monoisotopic (exact) mass is 965 g/mol. The zero-order valence-electron chi connectivity index (χ0n) is 42.0. The molecule has 0 aliphatic heterocycles. The molecule has 10 nitrogen and oxygen atoms in total. The fourth-order valence-corrected chi connectivity index (χ4v) is 7.64. The molecule has 5 aromatic carbocycles. The lowest BCUT2D eigenvalue weighted by atomic mass is 10.1. The fourth-order valence-electron chi connectivity index (χ4n) is 7.64. The molecule has 0 saturated carbocycles. The molecule has 0 fully saturated rings. The van der Waals surface area contributed by atoms with E-state index in [-0.39, 0.29) is 34.1 Å². The average molecular weight is 965 g/mol. The van der Waals surface area contributed by atoms with Crippen LogP contribution in [-0.2, 0) is 9.59 Å². The third-order valence-electron chi connectivity index (χ3n) is 11.9. The third kappa shape index (κ3) is 21.3. The predicted molar refractivity (Wildman–Crippen MR) is 282 cm³/mol. The van der Waals surface area contributed by atoms with E-state index < -0.39 is 23.9 Å². The molecule has 0 aliphatic rings. The van der Waals surface area contributed by atoms with Crippen molar-refractivity contribution in [3.8, 4) is 34.5 Å². The topological polar surface area (TPSA) is 124 Å². The van der Waals surface area contributed by atoms with Crippen molar-refractivity contribution in [3.05, 3.63) is 155 Å². The summed E-state index contributed by atoms with van der Waals surface area (Å²) in [6.45, 7) is 7.52. The van der Waals surface area contributed by atoms with E-state index in [1.165, 1.54) is 163 Å². The van der Waals surface area contributed by atoms with Crippen LogP contribution in [0.25, 0.3) is 12.2 Å². The SMILES string of the molecule is CCCCCCCCCCCOc1ccc(/C=C/C(=O)Oc2ccc(C(=O)Oc3cccc(OC(=O)c4ccc(OC(=O)/C=C/c5ccc(OCCCCCCCCCCC)cc5)cc4)c3C)cc2)cc1. The van der Waals surface area contributed by atoms with E-state index in [0.717, 1.165) is 35.5 Å². The van der Waals surface area contributed by atoms with E-state index >= 15 is 0 Å². The summed E-state index contributed by atoms with van der Waals surface area (Å²) in [5.41, 5.74) is 2.52. The van der Waals surface area contributed by atoms with Crippen LogP contribution in [0.4, 0.5) is 0 Å².